The maximum absolute atomic E-state index is 15.5. The van der Waals surface area contributed by atoms with E-state index in [4.69, 9.17) is 14.2 Å². The Morgan fingerprint density at radius 1 is 0.956 bits per heavy atom. The number of rotatable bonds is 16. The van der Waals surface area contributed by atoms with Gasteiger partial charge in [0.15, 0.2) is 35.1 Å². The second-order valence-electron chi connectivity index (χ2n) is 21.8. The number of aliphatic imine (C=N–C) groups is 1. The average Bonchev–Trinajstić information content (AvgIpc) is 4.07. The van der Waals surface area contributed by atoms with Crippen LogP contribution >= 0.6 is 0 Å². The number of ether oxygens (including phenoxy) is 3. The van der Waals surface area contributed by atoms with Crippen LogP contribution in [0.25, 0.3) is 0 Å². The van der Waals surface area contributed by atoms with Gasteiger partial charge >= 0.3 is 0 Å². The molecule has 5 fully saturated rings. The van der Waals surface area contributed by atoms with E-state index in [9.17, 15) is 15.3 Å². The minimum Gasteiger partial charge on any atom is -0.504 e. The van der Waals surface area contributed by atoms with Crippen LogP contribution in [0.2, 0.25) is 0 Å². The molecular weight excluding hydrogens is 853 g/mol. The van der Waals surface area contributed by atoms with Gasteiger partial charge in [-0.05, 0) is 167 Å². The number of benzene rings is 2. The Morgan fingerprint density at radius 3 is 2.59 bits per heavy atom. The van der Waals surface area contributed by atoms with Gasteiger partial charge in [-0.1, -0.05) is 76.9 Å². The summed E-state index contributed by atoms with van der Waals surface area (Å²) in [6, 6.07) is 13.0. The normalized spacial score (nSPS) is 33.3. The number of guanidine groups is 1. The number of nitrogens with zero attached hydrogens (tertiary/aromatic N) is 1. The van der Waals surface area contributed by atoms with Gasteiger partial charge in [0.05, 0.1) is 12.8 Å². The molecule has 6 N–H and O–H groups in total. The summed E-state index contributed by atoms with van der Waals surface area (Å²) < 4.78 is 18.7. The third-order valence-electron chi connectivity index (χ3n) is 18.0. The molecule has 0 radical (unpaired) electrons. The molecule has 2 aromatic rings. The molecule has 11 unspecified atom stereocenters. The Balaban J connectivity index is 1.21. The van der Waals surface area contributed by atoms with Gasteiger partial charge in [0, 0.05) is 49.9 Å². The Hall–Kier alpha value is -4.24. The molecule has 11 atom stereocenters. The van der Waals surface area contributed by atoms with E-state index in [1.165, 1.54) is 25.7 Å². The number of hydrogen-bond acceptors (Lipinski definition) is 9. The van der Waals surface area contributed by atoms with E-state index < -0.39 is 17.3 Å². The van der Waals surface area contributed by atoms with Crippen LogP contribution in [0.1, 0.15) is 153 Å². The first-order chi connectivity index (χ1) is 33.0. The molecule has 0 amide bonds. The summed E-state index contributed by atoms with van der Waals surface area (Å²) in [5.41, 5.74) is 1.08. The molecule has 68 heavy (non-hydrogen) atoms. The van der Waals surface area contributed by atoms with Gasteiger partial charge in [0.2, 0.25) is 5.96 Å². The van der Waals surface area contributed by atoms with E-state index in [2.05, 4.69) is 65.0 Å². The second kappa shape index (κ2) is 22.2. The maximum Gasteiger partial charge on any atom is 0.207 e. The number of likely N-dealkylation sites (N-methyl/N-ethyl adjacent to an activating group) is 1. The number of aromatic hydroxyl groups is 2. The summed E-state index contributed by atoms with van der Waals surface area (Å²) in [4.78, 5) is 20.1. The summed E-state index contributed by atoms with van der Waals surface area (Å²) in [5.74, 6) is 7.37. The van der Waals surface area contributed by atoms with Crippen molar-refractivity contribution in [3.63, 3.8) is 0 Å². The Morgan fingerprint density at radius 2 is 1.79 bits per heavy atom. The standard InChI is InChI=1S/C57H82N4O7/c1-6-8-9-10-28-67-52(64)31-40-23-26-55(35-40,37-58-3)68-50-34-44-33-47(53(50)65)61-54(59-4)60-27-13-16-42-14-11-24-56(42,36-39-18-21-48(62)49(30-39)66-5)51(63)22-20-46-45-29-38(7-2)17-19-41(45)32-43-15-12-25-57(43,44)46/h18,20-22,30,33-34,38,40-43,45-46,52,58,62,64-65H,6-12,14-17,19,23-26,28-29,31-32,35-37H2,1-5H3,(H2,59,60,61). The van der Waals surface area contributed by atoms with Gasteiger partial charge < -0.3 is 40.2 Å². The first-order valence-electron chi connectivity index (χ1n) is 26.6. The lowest BCUT2D eigenvalue weighted by atomic mass is 9.48. The molecule has 372 valence electrons. The highest BCUT2D eigenvalue weighted by atomic mass is 16.6. The van der Waals surface area contributed by atoms with Crippen LogP contribution in [0.4, 0.5) is 5.69 Å². The van der Waals surface area contributed by atoms with E-state index >= 15 is 4.79 Å². The van der Waals surface area contributed by atoms with Crippen LogP contribution in [-0.2, 0) is 21.4 Å². The molecule has 11 heteroatoms. The van der Waals surface area contributed by atoms with Crippen LogP contribution in [0.3, 0.4) is 0 Å². The number of methoxy groups -OCH3 is 1. The second-order valence-corrected chi connectivity index (χ2v) is 21.8. The highest BCUT2D eigenvalue weighted by Crippen LogP contribution is 2.64. The zero-order valence-corrected chi connectivity index (χ0v) is 41.8. The van der Waals surface area contributed by atoms with Crippen molar-refractivity contribution in [3.05, 3.63) is 53.6 Å². The molecule has 0 saturated heterocycles. The van der Waals surface area contributed by atoms with Crippen molar-refractivity contribution < 1.29 is 34.3 Å². The van der Waals surface area contributed by atoms with E-state index in [1.807, 2.05) is 25.3 Å². The van der Waals surface area contributed by atoms with Crippen molar-refractivity contribution in [1.29, 1.82) is 0 Å². The third kappa shape index (κ3) is 10.4. The number of hydrogen-bond donors (Lipinski definition) is 6. The lowest BCUT2D eigenvalue weighted by Gasteiger charge is -2.55. The zero-order chi connectivity index (χ0) is 47.9. The number of ketones is 1. The fraction of sp³-hybridized carbons (Fsp3) is 0.684. The maximum atomic E-state index is 15.5. The molecule has 5 saturated carbocycles. The number of aliphatic hydroxyl groups is 1. The number of anilines is 1. The fourth-order valence-electron chi connectivity index (χ4n) is 14.5. The fourth-order valence-corrected chi connectivity index (χ4v) is 14.5. The molecule has 5 aliphatic carbocycles. The molecule has 1 heterocycles. The first-order valence-corrected chi connectivity index (χ1v) is 26.6. The van der Waals surface area contributed by atoms with Crippen LogP contribution in [0, 0.1) is 58.8 Å². The Labute approximate surface area is 407 Å². The van der Waals surface area contributed by atoms with Gasteiger partial charge in [-0.2, -0.15) is 0 Å². The minimum absolute atomic E-state index is 0.0333. The number of nitrogens with one attached hydrogen (secondary N) is 3. The topological polar surface area (TPSA) is 154 Å². The van der Waals surface area contributed by atoms with Crippen LogP contribution in [-0.4, -0.2) is 73.3 Å². The van der Waals surface area contributed by atoms with E-state index in [-0.39, 0.29) is 40.5 Å². The molecule has 1 spiro atoms. The number of allylic oxidation sites excluding steroid dienone is 2. The van der Waals surface area contributed by atoms with Crippen molar-refractivity contribution in [2.45, 2.75) is 166 Å². The highest BCUT2D eigenvalue weighted by Gasteiger charge is 2.58. The van der Waals surface area contributed by atoms with Crippen LogP contribution < -0.4 is 25.4 Å². The van der Waals surface area contributed by atoms with Crippen LogP contribution in [0.15, 0.2) is 47.5 Å². The molecule has 2 aromatic carbocycles. The number of phenolic OH excluding ortho intramolecular Hbond substituents is 2. The first kappa shape index (κ1) is 50.2. The summed E-state index contributed by atoms with van der Waals surface area (Å²) >= 11 is 0. The zero-order valence-electron chi connectivity index (χ0n) is 41.8. The molecule has 2 bridgehead atoms. The van der Waals surface area contributed by atoms with E-state index in [0.717, 1.165) is 101 Å². The molecule has 11 nitrogen and oxygen atoms in total. The predicted octanol–water partition coefficient (Wildman–Crippen LogP) is 10.6. The van der Waals surface area contributed by atoms with Crippen molar-refractivity contribution >= 4 is 17.4 Å². The number of aliphatic hydroxyl groups excluding tert-OH is 1. The number of carbonyl (C=O) groups is 1. The summed E-state index contributed by atoms with van der Waals surface area (Å²) in [7, 11) is 5.23. The molecular formula is C57H82N4O7. The van der Waals surface area contributed by atoms with Crippen molar-refractivity contribution in [2.24, 2.45) is 51.8 Å². The average molecular weight is 935 g/mol. The third-order valence-corrected chi connectivity index (χ3v) is 18.0. The van der Waals surface area contributed by atoms with Gasteiger partial charge in [0.1, 0.15) is 5.60 Å². The van der Waals surface area contributed by atoms with E-state index in [0.29, 0.717) is 79.2 Å². The number of carbonyl (C=O) groups excluding carboxylic acids is 1. The van der Waals surface area contributed by atoms with E-state index in [1.54, 1.807) is 20.2 Å². The van der Waals surface area contributed by atoms with Crippen molar-refractivity contribution in [1.82, 2.24) is 10.6 Å². The van der Waals surface area contributed by atoms with Crippen molar-refractivity contribution in [3.8, 4) is 35.0 Å². The molecule has 8 rings (SSSR count). The van der Waals surface area contributed by atoms with Gasteiger partial charge in [0.25, 0.3) is 0 Å². The largest absolute Gasteiger partial charge is 0.504 e. The Bertz CT molecular complexity index is 2180. The van der Waals surface area contributed by atoms with Crippen LogP contribution in [0.5, 0.6) is 23.0 Å². The summed E-state index contributed by atoms with van der Waals surface area (Å²) in [6.07, 6.45) is 23.8. The van der Waals surface area contributed by atoms with Gasteiger partial charge in [-0.15, -0.1) is 0 Å². The van der Waals surface area contributed by atoms with Gasteiger partial charge in [-0.25, -0.2) is 0 Å². The number of fused-ring (bicyclic) bond motifs is 5. The molecule has 6 aliphatic rings. The quantitative estimate of drug-likeness (QED) is 0.0415. The molecule has 1 aliphatic heterocycles. The highest BCUT2D eigenvalue weighted by molar-refractivity contribution is 5.97. The minimum atomic E-state index is -0.814. The monoisotopic (exact) mass is 935 g/mol. The summed E-state index contributed by atoms with van der Waals surface area (Å²) in [6.45, 7) is 5.69. The SMILES string of the molecule is CCCCCCOC(O)CC1CCC(CNC)(Oc2cc3cc(c2O)NC(=NC)NC#CCC2CCCC2(Cc2ccc(O)c(OC)c2)C(=O)C=CC2C4CC(CC)CCC4CC4CCCC342)C1. The number of phenols is 2. The Kier molecular flexibility index (Phi) is 16.4. The van der Waals surface area contributed by atoms with Crippen molar-refractivity contribution in [2.75, 3.05) is 39.7 Å². The lowest BCUT2D eigenvalue weighted by Crippen LogP contribution is -2.51. The van der Waals surface area contributed by atoms with Gasteiger partial charge in [-0.3, -0.25) is 15.1 Å². The number of unbranched alkanes of at least 4 members (excludes halogenated alkanes) is 3. The predicted molar refractivity (Wildman–Crippen MR) is 270 cm³/mol. The lowest BCUT2D eigenvalue weighted by molar-refractivity contribution is -0.125. The molecule has 0 aromatic heterocycles. The summed E-state index contributed by atoms with van der Waals surface area (Å²) in [5, 5.41) is 44.0. The smallest absolute Gasteiger partial charge is 0.207 e.